The van der Waals surface area contributed by atoms with Gasteiger partial charge in [-0.2, -0.15) is 4.31 Å². The molecule has 18 heavy (non-hydrogen) atoms. The first kappa shape index (κ1) is 13.0. The first-order valence-corrected chi connectivity index (χ1v) is 7.05. The molecule has 0 saturated carbocycles. The van der Waals surface area contributed by atoms with Gasteiger partial charge in [0.25, 0.3) is 0 Å². The van der Waals surface area contributed by atoms with Crippen molar-refractivity contribution in [2.24, 2.45) is 0 Å². The summed E-state index contributed by atoms with van der Waals surface area (Å²) >= 11 is 0. The van der Waals surface area contributed by atoms with Gasteiger partial charge in [0.1, 0.15) is 11.5 Å². The maximum atomic E-state index is 12.3. The van der Waals surface area contributed by atoms with Crippen molar-refractivity contribution in [3.63, 3.8) is 0 Å². The van der Waals surface area contributed by atoms with Crippen LogP contribution < -0.4 is 4.74 Å². The summed E-state index contributed by atoms with van der Waals surface area (Å²) in [4.78, 5) is 11.4. The summed E-state index contributed by atoms with van der Waals surface area (Å²) < 4.78 is 30.9. The van der Waals surface area contributed by atoms with E-state index in [1.165, 1.54) is 17.5 Å². The Bertz CT molecular complexity index is 580. The Morgan fingerprint density at radius 1 is 1.33 bits per heavy atom. The quantitative estimate of drug-likeness (QED) is 0.820. The zero-order chi connectivity index (χ0) is 13.3. The molecule has 1 aromatic carbocycles. The number of rotatable bonds is 3. The average molecular weight is 269 g/mol. The molecule has 98 valence electrons. The minimum atomic E-state index is -3.57. The molecule has 5 nitrogen and oxygen atoms in total. The van der Waals surface area contributed by atoms with E-state index in [2.05, 4.69) is 0 Å². The number of benzene rings is 1. The third-order valence-electron chi connectivity index (χ3n) is 2.99. The number of sulfonamides is 1. The molecule has 1 saturated heterocycles. The van der Waals surface area contributed by atoms with Crippen LogP contribution in [0.5, 0.6) is 5.75 Å². The summed E-state index contributed by atoms with van der Waals surface area (Å²) in [6.07, 6.45) is 0.300. The van der Waals surface area contributed by atoms with Gasteiger partial charge in [-0.15, -0.1) is 0 Å². The predicted molar refractivity (Wildman–Crippen MR) is 66.1 cm³/mol. The molecule has 0 amide bonds. The second-order valence-corrected chi connectivity index (χ2v) is 6.17. The normalized spacial score (nSPS) is 17.1. The van der Waals surface area contributed by atoms with Crippen molar-refractivity contribution in [1.82, 2.24) is 4.31 Å². The summed E-state index contributed by atoms with van der Waals surface area (Å²) in [6, 6.07) is 4.80. The molecule has 0 unspecified atom stereocenters. The van der Waals surface area contributed by atoms with Gasteiger partial charge in [0.2, 0.25) is 10.0 Å². The van der Waals surface area contributed by atoms with Gasteiger partial charge < -0.3 is 4.74 Å². The molecular weight excluding hydrogens is 254 g/mol. The molecule has 0 spiro atoms. The Balaban J connectivity index is 2.38. The zero-order valence-corrected chi connectivity index (χ0v) is 11.2. The van der Waals surface area contributed by atoms with Crippen LogP contribution in [0.2, 0.25) is 0 Å². The lowest BCUT2D eigenvalue weighted by Gasteiger charge is -2.16. The fraction of sp³-hybridized carbons (Fsp3) is 0.417. The van der Waals surface area contributed by atoms with Crippen molar-refractivity contribution >= 4 is 15.8 Å². The van der Waals surface area contributed by atoms with Crippen LogP contribution in [-0.2, 0) is 14.8 Å². The molecule has 1 aliphatic rings. The molecule has 1 aliphatic heterocycles. The minimum absolute atomic E-state index is 0.0200. The first-order valence-electron chi connectivity index (χ1n) is 5.61. The highest BCUT2D eigenvalue weighted by Gasteiger charge is 2.32. The van der Waals surface area contributed by atoms with Crippen molar-refractivity contribution in [3.8, 4) is 5.75 Å². The van der Waals surface area contributed by atoms with Crippen LogP contribution in [-0.4, -0.2) is 38.7 Å². The molecule has 6 heteroatoms. The molecule has 0 bridgehead atoms. The number of hydrogen-bond acceptors (Lipinski definition) is 4. The molecule has 1 fully saturated rings. The van der Waals surface area contributed by atoms with E-state index in [0.29, 0.717) is 17.7 Å². The van der Waals surface area contributed by atoms with Crippen molar-refractivity contribution in [2.45, 2.75) is 18.2 Å². The first-order chi connectivity index (χ1) is 8.45. The number of hydrogen-bond donors (Lipinski definition) is 0. The van der Waals surface area contributed by atoms with E-state index < -0.39 is 10.0 Å². The van der Waals surface area contributed by atoms with Crippen LogP contribution in [0, 0.1) is 6.92 Å². The SMILES string of the molecule is COc1ccc(S(=O)(=O)N2CCC(=O)C2)c(C)c1. The number of ketones is 1. The van der Waals surface area contributed by atoms with Crippen LogP contribution in [0.15, 0.2) is 23.1 Å². The van der Waals surface area contributed by atoms with Gasteiger partial charge in [-0.05, 0) is 30.7 Å². The molecule has 0 aliphatic carbocycles. The highest BCUT2D eigenvalue weighted by atomic mass is 32.2. The highest BCUT2D eigenvalue weighted by Crippen LogP contribution is 2.25. The number of methoxy groups -OCH3 is 1. The van der Waals surface area contributed by atoms with E-state index >= 15 is 0 Å². The largest absolute Gasteiger partial charge is 0.497 e. The lowest BCUT2D eigenvalue weighted by atomic mass is 10.2. The summed E-state index contributed by atoms with van der Waals surface area (Å²) in [5.41, 5.74) is 0.619. The molecule has 1 heterocycles. The molecule has 0 aromatic heterocycles. The molecule has 0 atom stereocenters. The van der Waals surface area contributed by atoms with Gasteiger partial charge in [0, 0.05) is 13.0 Å². The van der Waals surface area contributed by atoms with Gasteiger partial charge in [-0.3, -0.25) is 4.79 Å². The Morgan fingerprint density at radius 2 is 2.06 bits per heavy atom. The molecule has 0 N–H and O–H groups in total. The van der Waals surface area contributed by atoms with Crippen molar-refractivity contribution in [1.29, 1.82) is 0 Å². The standard InChI is InChI=1S/C12H15NO4S/c1-9-7-11(17-2)3-4-12(9)18(15,16)13-6-5-10(14)8-13/h3-4,7H,5-6,8H2,1-2H3. The Morgan fingerprint density at radius 3 is 2.56 bits per heavy atom. The van der Waals surface area contributed by atoms with Crippen LogP contribution >= 0.6 is 0 Å². The maximum absolute atomic E-state index is 12.3. The van der Waals surface area contributed by atoms with Crippen LogP contribution in [0.4, 0.5) is 0 Å². The van der Waals surface area contributed by atoms with Gasteiger partial charge >= 0.3 is 0 Å². The number of nitrogens with zero attached hydrogens (tertiary/aromatic N) is 1. The van der Waals surface area contributed by atoms with E-state index in [1.54, 1.807) is 19.1 Å². The van der Waals surface area contributed by atoms with E-state index in [4.69, 9.17) is 4.74 Å². The second kappa shape index (κ2) is 4.70. The average Bonchev–Trinajstić information content (AvgIpc) is 2.76. The third-order valence-corrected chi connectivity index (χ3v) is 5.00. The van der Waals surface area contributed by atoms with Crippen LogP contribution in [0.3, 0.4) is 0 Å². The number of Topliss-reactive ketones (excluding diaryl/α,β-unsaturated/α-hetero) is 1. The Hall–Kier alpha value is -1.40. The van der Waals surface area contributed by atoms with Crippen molar-refractivity contribution in [3.05, 3.63) is 23.8 Å². The van der Waals surface area contributed by atoms with E-state index in [9.17, 15) is 13.2 Å². The zero-order valence-electron chi connectivity index (χ0n) is 10.3. The Labute approximate surface area is 106 Å². The second-order valence-electron chi connectivity index (χ2n) is 4.26. The third kappa shape index (κ3) is 2.26. The maximum Gasteiger partial charge on any atom is 0.243 e. The van der Waals surface area contributed by atoms with Gasteiger partial charge in [-0.1, -0.05) is 0 Å². The lowest BCUT2D eigenvalue weighted by Crippen LogP contribution is -2.29. The molecular formula is C12H15NO4S. The van der Waals surface area contributed by atoms with Crippen LogP contribution in [0.1, 0.15) is 12.0 Å². The summed E-state index contributed by atoms with van der Waals surface area (Å²) in [6.45, 7) is 1.97. The van der Waals surface area contributed by atoms with E-state index in [0.717, 1.165) is 0 Å². The summed E-state index contributed by atoms with van der Waals surface area (Å²) in [5, 5.41) is 0. The summed E-state index contributed by atoms with van der Waals surface area (Å²) in [5.74, 6) is 0.577. The van der Waals surface area contributed by atoms with Gasteiger partial charge in [0.05, 0.1) is 18.6 Å². The van der Waals surface area contributed by atoms with E-state index in [-0.39, 0.29) is 23.8 Å². The van der Waals surface area contributed by atoms with Crippen molar-refractivity contribution in [2.75, 3.05) is 20.2 Å². The number of aryl methyl sites for hydroxylation is 1. The molecule has 0 radical (unpaired) electrons. The number of ether oxygens (including phenoxy) is 1. The van der Waals surface area contributed by atoms with E-state index in [1.807, 2.05) is 0 Å². The molecule has 2 rings (SSSR count). The van der Waals surface area contributed by atoms with Crippen molar-refractivity contribution < 1.29 is 17.9 Å². The van der Waals surface area contributed by atoms with Crippen LogP contribution in [0.25, 0.3) is 0 Å². The number of carbonyl (C=O) groups excluding carboxylic acids is 1. The fourth-order valence-corrected chi connectivity index (χ4v) is 3.62. The monoisotopic (exact) mass is 269 g/mol. The lowest BCUT2D eigenvalue weighted by molar-refractivity contribution is -0.116. The number of carbonyl (C=O) groups is 1. The summed E-state index contributed by atoms with van der Waals surface area (Å²) in [7, 11) is -2.04. The van der Waals surface area contributed by atoms with Gasteiger partial charge in [0.15, 0.2) is 0 Å². The predicted octanol–water partition coefficient (Wildman–Crippen LogP) is 0.967. The fourth-order valence-electron chi connectivity index (χ4n) is 1.99. The minimum Gasteiger partial charge on any atom is -0.497 e. The Kier molecular flexibility index (Phi) is 3.41. The smallest absolute Gasteiger partial charge is 0.243 e. The van der Waals surface area contributed by atoms with Gasteiger partial charge in [-0.25, -0.2) is 8.42 Å². The highest BCUT2D eigenvalue weighted by molar-refractivity contribution is 7.89. The topological polar surface area (TPSA) is 63.7 Å². The molecule has 1 aromatic rings.